The molecule has 1 aromatic rings. The number of unbranched alkanes of at least 4 members (excludes halogenated alkanes) is 1. The van der Waals surface area contributed by atoms with Crippen LogP contribution < -0.4 is 0 Å². The van der Waals surface area contributed by atoms with E-state index in [0.717, 1.165) is 24.3 Å². The second-order valence-electron chi connectivity index (χ2n) is 6.16. The number of piperidine rings is 1. The van der Waals surface area contributed by atoms with Crippen LogP contribution in [0.1, 0.15) is 37.5 Å². The summed E-state index contributed by atoms with van der Waals surface area (Å²) >= 11 is 1.30. The first-order chi connectivity index (χ1) is 10.9. The Bertz CT molecular complexity index is 632. The first-order valence-electron chi connectivity index (χ1n) is 8.17. The number of carbonyl (C=O) groups excluding carboxylic acids is 1. The minimum atomic E-state index is -3.40. The van der Waals surface area contributed by atoms with Crippen LogP contribution in [0.25, 0.3) is 0 Å². The molecule has 1 aliphatic rings. The standard InChI is InChI=1S/C16H26N2O3S2/c1-4-5-10-17(3)16(19)14-8-11-18(12-9-14)23(20,21)15-7-6-13(2)22-15/h6-7,14H,4-5,8-12H2,1-3H3. The van der Waals surface area contributed by atoms with Gasteiger partial charge in [0.05, 0.1) is 0 Å². The lowest BCUT2D eigenvalue weighted by Crippen LogP contribution is -2.43. The highest BCUT2D eigenvalue weighted by Gasteiger charge is 2.33. The van der Waals surface area contributed by atoms with E-state index in [2.05, 4.69) is 6.92 Å². The van der Waals surface area contributed by atoms with Crippen molar-refractivity contribution < 1.29 is 13.2 Å². The van der Waals surface area contributed by atoms with Gasteiger partial charge in [-0.25, -0.2) is 8.42 Å². The molecule has 1 aliphatic heterocycles. The molecule has 0 aliphatic carbocycles. The fraction of sp³-hybridized carbons (Fsp3) is 0.688. The lowest BCUT2D eigenvalue weighted by Gasteiger charge is -2.32. The predicted molar refractivity (Wildman–Crippen MR) is 93.1 cm³/mol. The molecule has 0 saturated carbocycles. The predicted octanol–water partition coefficient (Wildman–Crippen LogP) is 2.72. The molecule has 0 unspecified atom stereocenters. The van der Waals surface area contributed by atoms with E-state index in [4.69, 9.17) is 0 Å². The number of thiophene rings is 1. The third kappa shape index (κ3) is 4.33. The van der Waals surface area contributed by atoms with Gasteiger partial charge in [-0.1, -0.05) is 13.3 Å². The zero-order valence-corrected chi connectivity index (χ0v) is 15.8. The van der Waals surface area contributed by atoms with Gasteiger partial charge in [-0.2, -0.15) is 4.31 Å². The number of hydrogen-bond donors (Lipinski definition) is 0. The van der Waals surface area contributed by atoms with Crippen molar-refractivity contribution in [1.29, 1.82) is 0 Å². The van der Waals surface area contributed by atoms with Gasteiger partial charge in [-0.3, -0.25) is 4.79 Å². The highest BCUT2D eigenvalue weighted by molar-refractivity contribution is 7.91. The highest BCUT2D eigenvalue weighted by Crippen LogP contribution is 2.28. The summed E-state index contributed by atoms with van der Waals surface area (Å²) in [6.45, 7) is 5.64. The van der Waals surface area contributed by atoms with Crippen molar-refractivity contribution in [1.82, 2.24) is 9.21 Å². The fourth-order valence-electron chi connectivity index (χ4n) is 2.84. The Morgan fingerprint density at radius 3 is 2.52 bits per heavy atom. The van der Waals surface area contributed by atoms with Crippen molar-refractivity contribution in [3.8, 4) is 0 Å². The molecule has 130 valence electrons. The lowest BCUT2D eigenvalue weighted by atomic mass is 9.96. The van der Waals surface area contributed by atoms with Gasteiger partial charge in [0, 0.05) is 37.5 Å². The van der Waals surface area contributed by atoms with Crippen LogP contribution >= 0.6 is 11.3 Å². The SMILES string of the molecule is CCCCN(C)C(=O)C1CCN(S(=O)(=O)c2ccc(C)s2)CC1. The molecule has 1 aromatic heterocycles. The van der Waals surface area contributed by atoms with Crippen LogP contribution in [0.15, 0.2) is 16.3 Å². The summed E-state index contributed by atoms with van der Waals surface area (Å²) in [6, 6.07) is 3.50. The Hall–Kier alpha value is -0.920. The average molecular weight is 359 g/mol. The van der Waals surface area contributed by atoms with Crippen molar-refractivity contribution in [2.45, 2.75) is 43.7 Å². The Morgan fingerprint density at radius 2 is 2.00 bits per heavy atom. The third-order valence-electron chi connectivity index (χ3n) is 4.34. The summed E-state index contributed by atoms with van der Waals surface area (Å²) < 4.78 is 27.1. The molecule has 1 saturated heterocycles. The quantitative estimate of drug-likeness (QED) is 0.786. The van der Waals surface area contributed by atoms with Gasteiger partial charge in [-0.05, 0) is 38.3 Å². The molecular weight excluding hydrogens is 332 g/mol. The van der Waals surface area contributed by atoms with Crippen molar-refractivity contribution in [2.24, 2.45) is 5.92 Å². The lowest BCUT2D eigenvalue weighted by molar-refractivity contribution is -0.135. The maximum absolute atomic E-state index is 12.6. The highest BCUT2D eigenvalue weighted by atomic mass is 32.2. The molecule has 0 spiro atoms. The van der Waals surface area contributed by atoms with Crippen molar-refractivity contribution >= 4 is 27.3 Å². The summed E-state index contributed by atoms with van der Waals surface area (Å²) in [5.74, 6) is 0.107. The van der Waals surface area contributed by atoms with Gasteiger partial charge in [0.15, 0.2) is 0 Å². The number of aryl methyl sites for hydroxylation is 1. The van der Waals surface area contributed by atoms with E-state index in [9.17, 15) is 13.2 Å². The van der Waals surface area contributed by atoms with E-state index in [-0.39, 0.29) is 11.8 Å². The van der Waals surface area contributed by atoms with Crippen LogP contribution in [0, 0.1) is 12.8 Å². The van der Waals surface area contributed by atoms with Crippen LogP contribution in [0.4, 0.5) is 0 Å². The van der Waals surface area contributed by atoms with Gasteiger partial charge in [0.2, 0.25) is 5.91 Å². The second kappa shape index (κ2) is 7.77. The number of carbonyl (C=O) groups is 1. The molecule has 0 N–H and O–H groups in total. The van der Waals surface area contributed by atoms with Gasteiger partial charge in [-0.15, -0.1) is 11.3 Å². The number of sulfonamides is 1. The fourth-order valence-corrected chi connectivity index (χ4v) is 5.75. The maximum Gasteiger partial charge on any atom is 0.252 e. The Morgan fingerprint density at radius 1 is 1.35 bits per heavy atom. The maximum atomic E-state index is 12.6. The summed E-state index contributed by atoms with van der Waals surface area (Å²) in [4.78, 5) is 15.2. The van der Waals surface area contributed by atoms with E-state index in [0.29, 0.717) is 30.1 Å². The van der Waals surface area contributed by atoms with Crippen molar-refractivity contribution in [3.63, 3.8) is 0 Å². The molecule has 23 heavy (non-hydrogen) atoms. The van der Waals surface area contributed by atoms with Crippen LogP contribution in [0.5, 0.6) is 0 Å². The number of rotatable bonds is 6. The largest absolute Gasteiger partial charge is 0.346 e. The van der Waals surface area contributed by atoms with Crippen LogP contribution in [0.3, 0.4) is 0 Å². The van der Waals surface area contributed by atoms with Gasteiger partial charge >= 0.3 is 0 Å². The smallest absolute Gasteiger partial charge is 0.252 e. The Balaban J connectivity index is 1.94. The second-order valence-corrected chi connectivity index (χ2v) is 9.61. The monoisotopic (exact) mass is 358 g/mol. The van der Waals surface area contributed by atoms with Gasteiger partial charge in [0.1, 0.15) is 4.21 Å². The number of hydrogen-bond acceptors (Lipinski definition) is 4. The minimum Gasteiger partial charge on any atom is -0.346 e. The molecule has 0 radical (unpaired) electrons. The van der Waals surface area contributed by atoms with E-state index in [1.54, 1.807) is 11.0 Å². The van der Waals surface area contributed by atoms with Crippen LogP contribution in [-0.2, 0) is 14.8 Å². The van der Waals surface area contributed by atoms with E-state index in [1.807, 2.05) is 20.0 Å². The number of nitrogens with zero attached hydrogens (tertiary/aromatic N) is 2. The molecule has 1 amide bonds. The zero-order valence-electron chi connectivity index (χ0n) is 14.1. The first-order valence-corrected chi connectivity index (χ1v) is 10.4. The summed E-state index contributed by atoms with van der Waals surface area (Å²) in [5.41, 5.74) is 0. The Labute approximate surface area is 143 Å². The molecule has 0 bridgehead atoms. The molecule has 0 aromatic carbocycles. The normalized spacial score (nSPS) is 17.3. The number of amides is 1. The first kappa shape index (κ1) is 18.4. The summed E-state index contributed by atoms with van der Waals surface area (Å²) in [6.07, 6.45) is 3.29. The molecule has 5 nitrogen and oxygen atoms in total. The molecule has 2 heterocycles. The van der Waals surface area contributed by atoms with Crippen LogP contribution in [-0.4, -0.2) is 50.2 Å². The molecule has 2 rings (SSSR count). The van der Waals surface area contributed by atoms with E-state index >= 15 is 0 Å². The van der Waals surface area contributed by atoms with Crippen molar-refractivity contribution in [2.75, 3.05) is 26.7 Å². The van der Waals surface area contributed by atoms with E-state index in [1.165, 1.54) is 15.6 Å². The van der Waals surface area contributed by atoms with Crippen molar-refractivity contribution in [3.05, 3.63) is 17.0 Å². The summed E-state index contributed by atoms with van der Waals surface area (Å²) in [7, 11) is -1.56. The Kier molecular flexibility index (Phi) is 6.22. The third-order valence-corrected chi connectivity index (χ3v) is 7.70. The zero-order chi connectivity index (χ0) is 17.0. The minimum absolute atomic E-state index is 0.0478. The topological polar surface area (TPSA) is 57.7 Å². The molecular formula is C16H26N2O3S2. The molecule has 0 atom stereocenters. The van der Waals surface area contributed by atoms with E-state index < -0.39 is 10.0 Å². The summed E-state index contributed by atoms with van der Waals surface area (Å²) in [5, 5.41) is 0. The average Bonchev–Trinajstić information content (AvgIpc) is 2.99. The molecule has 7 heteroatoms. The van der Waals surface area contributed by atoms with Gasteiger partial charge < -0.3 is 4.90 Å². The molecule has 1 fully saturated rings. The van der Waals surface area contributed by atoms with Crippen LogP contribution in [0.2, 0.25) is 0 Å². The van der Waals surface area contributed by atoms with Gasteiger partial charge in [0.25, 0.3) is 10.0 Å².